The molecule has 3 heterocycles. The van der Waals surface area contributed by atoms with Crippen molar-refractivity contribution in [3.63, 3.8) is 0 Å². The van der Waals surface area contributed by atoms with Crippen molar-refractivity contribution in [3.05, 3.63) is 35.4 Å². The first-order valence-electron chi connectivity index (χ1n) is 7.59. The first-order valence-corrected chi connectivity index (χ1v) is 7.97. The van der Waals surface area contributed by atoms with Crippen LogP contribution in [0, 0.1) is 0 Å². The Morgan fingerprint density at radius 2 is 2.09 bits per heavy atom. The van der Waals surface area contributed by atoms with E-state index in [2.05, 4.69) is 34.1 Å². The van der Waals surface area contributed by atoms with Crippen LogP contribution in [0.3, 0.4) is 0 Å². The molecule has 2 aromatic heterocycles. The minimum atomic E-state index is -0.162. The fourth-order valence-electron chi connectivity index (χ4n) is 2.56. The summed E-state index contributed by atoms with van der Waals surface area (Å²) in [5, 5.41) is 3.75. The molecular formula is C16H19ClN4O2. The van der Waals surface area contributed by atoms with Crippen molar-refractivity contribution in [3.8, 4) is 11.6 Å². The van der Waals surface area contributed by atoms with E-state index in [4.69, 9.17) is 21.1 Å². The van der Waals surface area contributed by atoms with Gasteiger partial charge in [-0.2, -0.15) is 0 Å². The summed E-state index contributed by atoms with van der Waals surface area (Å²) >= 11 is 5.90. The van der Waals surface area contributed by atoms with E-state index in [9.17, 15) is 0 Å². The standard InChI is InChI=1S/C16H19ClN4O2/c1-3-16(2,9-19-13-8-12(17)20-10-21-13)11-4-5-18-15-14(11)22-6-7-23-15/h4-5,8,10H,3,6-7,9H2,1-2H3,(H,19,20,21)/t16-/m1/s1. The molecule has 1 aliphatic rings. The third kappa shape index (κ3) is 3.32. The number of ether oxygens (including phenoxy) is 2. The Labute approximate surface area is 140 Å². The first kappa shape index (κ1) is 15.8. The van der Waals surface area contributed by atoms with Gasteiger partial charge in [0.05, 0.1) is 0 Å². The van der Waals surface area contributed by atoms with Crippen molar-refractivity contribution in [1.29, 1.82) is 0 Å². The lowest BCUT2D eigenvalue weighted by Crippen LogP contribution is -2.32. The molecule has 6 nitrogen and oxygen atoms in total. The second-order valence-electron chi connectivity index (χ2n) is 5.68. The van der Waals surface area contributed by atoms with E-state index in [0.717, 1.165) is 17.7 Å². The molecule has 2 aromatic rings. The number of pyridine rings is 1. The second kappa shape index (κ2) is 6.58. The molecule has 0 radical (unpaired) electrons. The van der Waals surface area contributed by atoms with E-state index in [1.165, 1.54) is 6.33 Å². The van der Waals surface area contributed by atoms with Gasteiger partial charge in [0.2, 0.25) is 0 Å². The van der Waals surface area contributed by atoms with E-state index in [1.54, 1.807) is 12.3 Å². The quantitative estimate of drug-likeness (QED) is 0.847. The molecule has 1 atom stereocenters. The molecule has 1 N–H and O–H groups in total. The van der Waals surface area contributed by atoms with Gasteiger partial charge in [0, 0.05) is 29.8 Å². The maximum Gasteiger partial charge on any atom is 0.257 e. The van der Waals surface area contributed by atoms with Crippen molar-refractivity contribution in [2.24, 2.45) is 0 Å². The Kier molecular flexibility index (Phi) is 4.52. The maximum absolute atomic E-state index is 5.90. The third-order valence-corrected chi connectivity index (χ3v) is 4.37. The molecule has 23 heavy (non-hydrogen) atoms. The average molecular weight is 335 g/mol. The number of hydrogen-bond donors (Lipinski definition) is 1. The number of rotatable bonds is 5. The summed E-state index contributed by atoms with van der Waals surface area (Å²) in [6.45, 7) is 6.07. The highest BCUT2D eigenvalue weighted by molar-refractivity contribution is 6.29. The van der Waals surface area contributed by atoms with Crippen LogP contribution in [0.15, 0.2) is 24.7 Å². The summed E-state index contributed by atoms with van der Waals surface area (Å²) < 4.78 is 11.4. The Bertz CT molecular complexity index is 698. The molecule has 0 saturated heterocycles. The minimum absolute atomic E-state index is 0.162. The molecule has 0 unspecified atom stereocenters. The number of halogens is 1. The van der Waals surface area contributed by atoms with Crippen molar-refractivity contribution in [2.75, 3.05) is 25.1 Å². The number of nitrogens with zero attached hydrogens (tertiary/aromatic N) is 3. The van der Waals surface area contributed by atoms with Crippen LogP contribution in [0.1, 0.15) is 25.8 Å². The van der Waals surface area contributed by atoms with Crippen LogP contribution in [0.25, 0.3) is 0 Å². The summed E-state index contributed by atoms with van der Waals surface area (Å²) in [7, 11) is 0. The Hall–Kier alpha value is -2.08. The van der Waals surface area contributed by atoms with Gasteiger partial charge in [-0.3, -0.25) is 0 Å². The van der Waals surface area contributed by atoms with Crippen LogP contribution in [0.5, 0.6) is 11.6 Å². The molecule has 122 valence electrons. The zero-order valence-corrected chi connectivity index (χ0v) is 13.9. The van der Waals surface area contributed by atoms with Gasteiger partial charge in [-0.15, -0.1) is 0 Å². The van der Waals surface area contributed by atoms with E-state index < -0.39 is 0 Å². The van der Waals surface area contributed by atoms with Gasteiger partial charge in [-0.05, 0) is 12.5 Å². The lowest BCUT2D eigenvalue weighted by Gasteiger charge is -2.32. The molecular weight excluding hydrogens is 316 g/mol. The summed E-state index contributed by atoms with van der Waals surface area (Å²) in [5.41, 5.74) is 0.919. The molecule has 0 aromatic carbocycles. The molecule has 0 fully saturated rings. The van der Waals surface area contributed by atoms with Crippen LogP contribution >= 0.6 is 11.6 Å². The second-order valence-corrected chi connectivity index (χ2v) is 6.07. The zero-order valence-electron chi connectivity index (χ0n) is 13.2. The van der Waals surface area contributed by atoms with Crippen molar-refractivity contribution >= 4 is 17.4 Å². The monoisotopic (exact) mass is 334 g/mol. The third-order valence-electron chi connectivity index (χ3n) is 4.16. The van der Waals surface area contributed by atoms with Crippen molar-refractivity contribution in [2.45, 2.75) is 25.7 Å². The molecule has 0 spiro atoms. The van der Waals surface area contributed by atoms with Gasteiger partial charge in [-0.1, -0.05) is 25.4 Å². The van der Waals surface area contributed by atoms with Gasteiger partial charge in [-0.25, -0.2) is 15.0 Å². The number of hydrogen-bond acceptors (Lipinski definition) is 6. The van der Waals surface area contributed by atoms with E-state index in [1.807, 2.05) is 6.07 Å². The van der Waals surface area contributed by atoms with E-state index in [-0.39, 0.29) is 5.41 Å². The zero-order chi connectivity index (χ0) is 16.3. The predicted molar refractivity (Wildman–Crippen MR) is 88.4 cm³/mol. The number of aromatic nitrogens is 3. The smallest absolute Gasteiger partial charge is 0.257 e. The fourth-order valence-corrected chi connectivity index (χ4v) is 2.70. The van der Waals surface area contributed by atoms with Gasteiger partial charge >= 0.3 is 0 Å². The molecule has 0 amide bonds. The molecule has 0 bridgehead atoms. The maximum atomic E-state index is 5.90. The highest BCUT2D eigenvalue weighted by Crippen LogP contribution is 2.40. The molecule has 0 saturated carbocycles. The highest BCUT2D eigenvalue weighted by Gasteiger charge is 2.31. The van der Waals surface area contributed by atoms with Crippen LogP contribution in [0.4, 0.5) is 5.82 Å². The van der Waals surface area contributed by atoms with Gasteiger partial charge in [0.25, 0.3) is 5.88 Å². The first-order chi connectivity index (χ1) is 11.1. The predicted octanol–water partition coefficient (Wildman–Crippen LogP) is 3.08. The van der Waals surface area contributed by atoms with E-state index in [0.29, 0.717) is 36.6 Å². The van der Waals surface area contributed by atoms with Gasteiger partial charge < -0.3 is 14.8 Å². The van der Waals surface area contributed by atoms with E-state index >= 15 is 0 Å². The van der Waals surface area contributed by atoms with Crippen molar-refractivity contribution < 1.29 is 9.47 Å². The number of anilines is 1. The van der Waals surface area contributed by atoms with Crippen LogP contribution in [0.2, 0.25) is 5.15 Å². The summed E-state index contributed by atoms with van der Waals surface area (Å²) in [6.07, 6.45) is 4.12. The summed E-state index contributed by atoms with van der Waals surface area (Å²) in [6, 6.07) is 3.70. The van der Waals surface area contributed by atoms with Gasteiger partial charge in [0.15, 0.2) is 5.75 Å². The minimum Gasteiger partial charge on any atom is -0.484 e. The lowest BCUT2D eigenvalue weighted by molar-refractivity contribution is 0.160. The van der Waals surface area contributed by atoms with Crippen molar-refractivity contribution in [1.82, 2.24) is 15.0 Å². The normalized spacial score (nSPS) is 15.8. The fraction of sp³-hybridized carbons (Fsp3) is 0.438. The Morgan fingerprint density at radius 3 is 2.87 bits per heavy atom. The summed E-state index contributed by atoms with van der Waals surface area (Å²) in [4.78, 5) is 12.3. The largest absolute Gasteiger partial charge is 0.484 e. The number of fused-ring (bicyclic) bond motifs is 1. The van der Waals surface area contributed by atoms with Gasteiger partial charge in [0.1, 0.15) is 30.5 Å². The Morgan fingerprint density at radius 1 is 1.26 bits per heavy atom. The molecule has 3 rings (SSSR count). The number of nitrogens with one attached hydrogen (secondary N) is 1. The highest BCUT2D eigenvalue weighted by atomic mass is 35.5. The summed E-state index contributed by atoms with van der Waals surface area (Å²) in [5.74, 6) is 2.01. The Balaban J connectivity index is 1.86. The average Bonchev–Trinajstić information content (AvgIpc) is 2.59. The topological polar surface area (TPSA) is 69.2 Å². The van der Waals surface area contributed by atoms with Crippen LogP contribution < -0.4 is 14.8 Å². The SMILES string of the molecule is CC[C@](C)(CNc1cc(Cl)ncn1)c1ccnc2c1OCCO2. The molecule has 1 aliphatic heterocycles. The van der Waals surface area contributed by atoms with Crippen LogP contribution in [-0.2, 0) is 5.41 Å². The van der Waals surface area contributed by atoms with Crippen LogP contribution in [-0.4, -0.2) is 34.7 Å². The molecule has 0 aliphatic carbocycles. The molecule has 7 heteroatoms. The lowest BCUT2D eigenvalue weighted by atomic mass is 9.79.